The highest BCUT2D eigenvalue weighted by molar-refractivity contribution is 5.98. The highest BCUT2D eigenvalue weighted by Crippen LogP contribution is 2.23. The van der Waals surface area contributed by atoms with Gasteiger partial charge in [-0.1, -0.05) is 0 Å². The van der Waals surface area contributed by atoms with E-state index in [-0.39, 0.29) is 0 Å². The molecule has 4 nitrogen and oxygen atoms in total. The number of amides is 1. The molecular formula is C9H8FN3O. The first-order chi connectivity index (χ1) is 6.59. The second-order valence-electron chi connectivity index (χ2n) is 2.95. The number of nitrogen functional groups attached to an aromatic ring is 1. The lowest BCUT2D eigenvalue weighted by Gasteiger charge is -1.97. The molecule has 1 aromatic heterocycles. The van der Waals surface area contributed by atoms with E-state index in [1.165, 1.54) is 29.0 Å². The summed E-state index contributed by atoms with van der Waals surface area (Å²) in [7, 11) is 0. The van der Waals surface area contributed by atoms with Crippen LogP contribution in [0.25, 0.3) is 10.9 Å². The first kappa shape index (κ1) is 8.55. The SMILES string of the molecule is NC(=O)n1cc(N)c2cc(F)ccc21. The second kappa shape index (κ2) is 2.73. The Labute approximate surface area is 78.9 Å². The third kappa shape index (κ3) is 1.10. The van der Waals surface area contributed by atoms with E-state index in [1.807, 2.05) is 0 Å². The number of anilines is 1. The fourth-order valence-corrected chi connectivity index (χ4v) is 1.41. The molecule has 14 heavy (non-hydrogen) atoms. The second-order valence-corrected chi connectivity index (χ2v) is 2.95. The Bertz CT molecular complexity index is 518. The van der Waals surface area contributed by atoms with E-state index in [0.717, 1.165) is 0 Å². The fourth-order valence-electron chi connectivity index (χ4n) is 1.41. The minimum Gasteiger partial charge on any atom is -0.397 e. The molecular weight excluding hydrogens is 185 g/mol. The summed E-state index contributed by atoms with van der Waals surface area (Å²) in [6.07, 6.45) is 1.38. The Morgan fingerprint density at radius 1 is 1.43 bits per heavy atom. The molecule has 0 fully saturated rings. The normalized spacial score (nSPS) is 10.6. The van der Waals surface area contributed by atoms with Gasteiger partial charge in [-0.3, -0.25) is 4.57 Å². The number of fused-ring (bicyclic) bond motifs is 1. The van der Waals surface area contributed by atoms with Crippen molar-refractivity contribution < 1.29 is 9.18 Å². The molecule has 0 bridgehead atoms. The number of nitrogens with two attached hydrogens (primary N) is 2. The smallest absolute Gasteiger partial charge is 0.323 e. The molecule has 1 heterocycles. The van der Waals surface area contributed by atoms with Gasteiger partial charge in [-0.05, 0) is 18.2 Å². The number of carbonyl (C=O) groups is 1. The van der Waals surface area contributed by atoms with Crippen LogP contribution < -0.4 is 11.5 Å². The third-order valence-corrected chi connectivity index (χ3v) is 2.03. The van der Waals surface area contributed by atoms with Gasteiger partial charge in [-0.15, -0.1) is 0 Å². The van der Waals surface area contributed by atoms with Gasteiger partial charge >= 0.3 is 6.03 Å². The van der Waals surface area contributed by atoms with E-state index < -0.39 is 11.8 Å². The minimum atomic E-state index is -0.640. The Morgan fingerprint density at radius 2 is 2.14 bits per heavy atom. The lowest BCUT2D eigenvalue weighted by Crippen LogP contribution is -2.18. The van der Waals surface area contributed by atoms with Crippen LogP contribution in [0.5, 0.6) is 0 Å². The summed E-state index contributed by atoms with van der Waals surface area (Å²) >= 11 is 0. The van der Waals surface area contributed by atoms with Crippen molar-refractivity contribution in [3.63, 3.8) is 0 Å². The molecule has 0 saturated heterocycles. The van der Waals surface area contributed by atoms with Crippen molar-refractivity contribution in [1.82, 2.24) is 4.57 Å². The Balaban J connectivity index is 2.84. The van der Waals surface area contributed by atoms with Crippen LogP contribution in [0.4, 0.5) is 14.9 Å². The number of nitrogens with zero attached hydrogens (tertiary/aromatic N) is 1. The van der Waals surface area contributed by atoms with Gasteiger partial charge in [0.1, 0.15) is 5.82 Å². The quantitative estimate of drug-likeness (QED) is 0.661. The summed E-state index contributed by atoms with van der Waals surface area (Å²) in [5, 5.41) is 0.490. The number of carbonyl (C=O) groups excluding carboxylic acids is 1. The maximum Gasteiger partial charge on any atom is 0.323 e. The van der Waals surface area contributed by atoms with Gasteiger partial charge in [0.25, 0.3) is 0 Å². The molecule has 0 atom stereocenters. The van der Waals surface area contributed by atoms with Gasteiger partial charge in [-0.2, -0.15) is 0 Å². The van der Waals surface area contributed by atoms with Crippen LogP contribution in [0.15, 0.2) is 24.4 Å². The largest absolute Gasteiger partial charge is 0.397 e. The fraction of sp³-hybridized carbons (Fsp3) is 0. The lowest BCUT2D eigenvalue weighted by atomic mass is 10.2. The summed E-state index contributed by atoms with van der Waals surface area (Å²) in [6.45, 7) is 0. The van der Waals surface area contributed by atoms with Crippen molar-refractivity contribution in [3.05, 3.63) is 30.2 Å². The van der Waals surface area contributed by atoms with Gasteiger partial charge in [0.2, 0.25) is 0 Å². The third-order valence-electron chi connectivity index (χ3n) is 2.03. The molecule has 0 unspecified atom stereocenters. The summed E-state index contributed by atoms with van der Waals surface area (Å²) < 4.78 is 14.0. The van der Waals surface area contributed by atoms with Crippen LogP contribution in [0.3, 0.4) is 0 Å². The van der Waals surface area contributed by atoms with Crippen LogP contribution in [0.1, 0.15) is 0 Å². The van der Waals surface area contributed by atoms with Gasteiger partial charge < -0.3 is 11.5 Å². The molecule has 0 aliphatic heterocycles. The van der Waals surface area contributed by atoms with Crippen molar-refractivity contribution in [2.75, 3.05) is 5.73 Å². The summed E-state index contributed by atoms with van der Waals surface area (Å²) in [5.41, 5.74) is 11.5. The monoisotopic (exact) mass is 193 g/mol. The molecule has 5 heteroatoms. The van der Waals surface area contributed by atoms with E-state index in [0.29, 0.717) is 16.6 Å². The zero-order chi connectivity index (χ0) is 10.3. The highest BCUT2D eigenvalue weighted by atomic mass is 19.1. The van der Waals surface area contributed by atoms with Crippen molar-refractivity contribution >= 4 is 22.6 Å². The van der Waals surface area contributed by atoms with E-state index in [2.05, 4.69) is 0 Å². The topological polar surface area (TPSA) is 74.0 Å². The predicted molar refractivity (Wildman–Crippen MR) is 51.3 cm³/mol. The number of benzene rings is 1. The van der Waals surface area contributed by atoms with Crippen molar-refractivity contribution in [3.8, 4) is 0 Å². The average molecular weight is 193 g/mol. The average Bonchev–Trinajstić information content (AvgIpc) is 2.44. The number of aromatic nitrogens is 1. The molecule has 0 spiro atoms. The van der Waals surface area contributed by atoms with Gasteiger partial charge in [0.15, 0.2) is 0 Å². The van der Waals surface area contributed by atoms with Crippen LogP contribution >= 0.6 is 0 Å². The van der Waals surface area contributed by atoms with E-state index >= 15 is 0 Å². The molecule has 0 radical (unpaired) electrons. The predicted octanol–water partition coefficient (Wildman–Crippen LogP) is 1.29. The molecule has 2 aromatic rings. The van der Waals surface area contributed by atoms with Crippen molar-refractivity contribution in [1.29, 1.82) is 0 Å². The maximum absolute atomic E-state index is 12.8. The molecule has 4 N–H and O–H groups in total. The van der Waals surface area contributed by atoms with Gasteiger partial charge in [-0.25, -0.2) is 9.18 Å². The lowest BCUT2D eigenvalue weighted by molar-refractivity contribution is 0.251. The molecule has 2 rings (SSSR count). The standard InChI is InChI=1S/C9H8FN3O/c10-5-1-2-8-6(3-5)7(11)4-13(8)9(12)14/h1-4H,11H2,(H2,12,14). The van der Waals surface area contributed by atoms with Gasteiger partial charge in [0.05, 0.1) is 11.2 Å². The zero-order valence-corrected chi connectivity index (χ0v) is 7.20. The number of primary amides is 1. The molecule has 0 aliphatic carbocycles. The van der Waals surface area contributed by atoms with Crippen LogP contribution in [0.2, 0.25) is 0 Å². The summed E-state index contributed by atoms with van der Waals surface area (Å²) in [5.74, 6) is -0.397. The maximum atomic E-state index is 12.8. The molecule has 1 aromatic carbocycles. The molecule has 0 aliphatic rings. The van der Waals surface area contributed by atoms with E-state index in [1.54, 1.807) is 0 Å². The highest BCUT2D eigenvalue weighted by Gasteiger charge is 2.09. The van der Waals surface area contributed by atoms with Crippen molar-refractivity contribution in [2.45, 2.75) is 0 Å². The van der Waals surface area contributed by atoms with Crippen LogP contribution in [0, 0.1) is 5.82 Å². The number of hydrogen-bond donors (Lipinski definition) is 2. The van der Waals surface area contributed by atoms with Crippen molar-refractivity contribution in [2.24, 2.45) is 5.73 Å². The molecule has 0 saturated carbocycles. The molecule has 1 amide bonds. The molecule has 72 valence electrons. The van der Waals surface area contributed by atoms with E-state index in [4.69, 9.17) is 11.5 Å². The van der Waals surface area contributed by atoms with E-state index in [9.17, 15) is 9.18 Å². The number of halogens is 1. The van der Waals surface area contributed by atoms with Crippen LogP contribution in [-0.4, -0.2) is 10.6 Å². The Kier molecular flexibility index (Phi) is 1.67. The van der Waals surface area contributed by atoms with Crippen LogP contribution in [-0.2, 0) is 0 Å². The zero-order valence-electron chi connectivity index (χ0n) is 7.20. The summed E-state index contributed by atoms with van der Waals surface area (Å²) in [4.78, 5) is 10.9. The Morgan fingerprint density at radius 3 is 2.79 bits per heavy atom. The number of rotatable bonds is 0. The first-order valence-electron chi connectivity index (χ1n) is 3.95. The Hall–Kier alpha value is -2.04. The van der Waals surface area contributed by atoms with Gasteiger partial charge in [0, 0.05) is 11.6 Å². The first-order valence-corrected chi connectivity index (χ1v) is 3.95. The summed E-state index contributed by atoms with van der Waals surface area (Å²) in [6, 6.07) is 3.34. The minimum absolute atomic E-state index is 0.332. The number of hydrogen-bond acceptors (Lipinski definition) is 2.